The molecule has 0 aliphatic carbocycles. The molecular weight excluding hydrogens is 293 g/mol. The van der Waals surface area contributed by atoms with E-state index in [1.54, 1.807) is 30.3 Å². The zero-order chi connectivity index (χ0) is 15.7. The summed E-state index contributed by atoms with van der Waals surface area (Å²) in [5.74, 6) is -5.11. The Kier molecular flexibility index (Phi) is 3.50. The van der Waals surface area contributed by atoms with Gasteiger partial charge in [-0.2, -0.15) is 0 Å². The molecule has 0 saturated carbocycles. The van der Waals surface area contributed by atoms with Crippen LogP contribution >= 0.6 is 0 Å². The zero-order valence-corrected chi connectivity index (χ0v) is 11.1. The Labute approximate surface area is 123 Å². The first kappa shape index (κ1) is 14.1. The second-order valence-electron chi connectivity index (χ2n) is 4.56. The largest absolute Gasteiger partial charge is 0.318 e. The second-order valence-corrected chi connectivity index (χ2v) is 4.56. The molecule has 3 nitrogen and oxygen atoms in total. The van der Waals surface area contributed by atoms with Crippen LogP contribution in [-0.2, 0) is 0 Å². The third kappa shape index (κ3) is 2.39. The van der Waals surface area contributed by atoms with Crippen LogP contribution in [0.5, 0.6) is 0 Å². The first-order valence-electron chi connectivity index (χ1n) is 6.36. The lowest BCUT2D eigenvalue weighted by molar-refractivity contribution is 0.102. The van der Waals surface area contributed by atoms with Crippen molar-refractivity contribution in [2.24, 2.45) is 0 Å². The van der Waals surface area contributed by atoms with Crippen molar-refractivity contribution in [3.63, 3.8) is 0 Å². The maximum Gasteiger partial charge on any atom is 0.274 e. The van der Waals surface area contributed by atoms with Crippen LogP contribution in [0.2, 0.25) is 0 Å². The molecule has 0 spiro atoms. The third-order valence-corrected chi connectivity index (χ3v) is 3.17. The number of benzene rings is 2. The van der Waals surface area contributed by atoms with Gasteiger partial charge in [-0.05, 0) is 23.6 Å². The van der Waals surface area contributed by atoms with Crippen molar-refractivity contribution in [1.82, 2.24) is 4.98 Å². The number of hydrogen-bond acceptors (Lipinski definition) is 2. The van der Waals surface area contributed by atoms with Crippen molar-refractivity contribution in [2.75, 3.05) is 5.32 Å². The van der Waals surface area contributed by atoms with E-state index in [1.165, 1.54) is 6.20 Å². The van der Waals surface area contributed by atoms with E-state index in [0.717, 1.165) is 17.5 Å². The lowest BCUT2D eigenvalue weighted by Crippen LogP contribution is -2.15. The first-order chi connectivity index (χ1) is 10.6. The van der Waals surface area contributed by atoms with Crippen molar-refractivity contribution >= 4 is 22.4 Å². The van der Waals surface area contributed by atoms with Gasteiger partial charge in [-0.25, -0.2) is 13.2 Å². The van der Waals surface area contributed by atoms with Gasteiger partial charge in [0.15, 0.2) is 17.5 Å². The second kappa shape index (κ2) is 5.48. The van der Waals surface area contributed by atoms with Gasteiger partial charge < -0.3 is 5.32 Å². The average molecular weight is 302 g/mol. The van der Waals surface area contributed by atoms with Crippen LogP contribution in [0.3, 0.4) is 0 Å². The van der Waals surface area contributed by atoms with E-state index in [-0.39, 0.29) is 5.69 Å². The molecule has 22 heavy (non-hydrogen) atoms. The minimum atomic E-state index is -1.64. The van der Waals surface area contributed by atoms with E-state index in [0.29, 0.717) is 5.39 Å². The molecule has 3 rings (SSSR count). The monoisotopic (exact) mass is 302 g/mol. The Balaban J connectivity index is 1.99. The minimum absolute atomic E-state index is 0.0715. The van der Waals surface area contributed by atoms with Gasteiger partial charge in [0.05, 0.1) is 5.69 Å². The molecule has 0 atom stereocenters. The predicted octanol–water partition coefficient (Wildman–Crippen LogP) is 3.90. The number of carbonyl (C=O) groups is 1. The number of pyridine rings is 1. The molecule has 0 fully saturated rings. The SMILES string of the molecule is O=C(Nc1ccc(F)c(F)c1F)c1nccc2ccccc12. The number of anilines is 1. The molecule has 1 amide bonds. The normalized spacial score (nSPS) is 10.7. The molecule has 6 heteroatoms. The summed E-state index contributed by atoms with van der Waals surface area (Å²) in [6.45, 7) is 0. The highest BCUT2D eigenvalue weighted by Crippen LogP contribution is 2.22. The molecule has 2 aromatic carbocycles. The smallest absolute Gasteiger partial charge is 0.274 e. The summed E-state index contributed by atoms with van der Waals surface area (Å²) in [5, 5.41) is 3.56. The molecule has 0 aliphatic rings. The molecule has 3 aromatic rings. The minimum Gasteiger partial charge on any atom is -0.318 e. The highest BCUT2D eigenvalue weighted by atomic mass is 19.2. The van der Waals surface area contributed by atoms with Gasteiger partial charge in [-0.1, -0.05) is 24.3 Å². The zero-order valence-electron chi connectivity index (χ0n) is 11.1. The van der Waals surface area contributed by atoms with Crippen molar-refractivity contribution < 1.29 is 18.0 Å². The Morgan fingerprint density at radius 3 is 2.55 bits per heavy atom. The summed E-state index contributed by atoms with van der Waals surface area (Å²) in [4.78, 5) is 16.2. The molecule has 1 heterocycles. The highest BCUT2D eigenvalue weighted by Gasteiger charge is 2.17. The van der Waals surface area contributed by atoms with Crippen molar-refractivity contribution in [1.29, 1.82) is 0 Å². The molecule has 0 aliphatic heterocycles. The number of amides is 1. The number of hydrogen-bond donors (Lipinski definition) is 1. The highest BCUT2D eigenvalue weighted by molar-refractivity contribution is 6.11. The number of aromatic nitrogens is 1. The predicted molar refractivity (Wildman–Crippen MR) is 76.0 cm³/mol. The van der Waals surface area contributed by atoms with Crippen LogP contribution in [0, 0.1) is 17.5 Å². The summed E-state index contributed by atoms with van der Waals surface area (Å²) in [6.07, 6.45) is 1.44. The number of carbonyl (C=O) groups excluding carboxylic acids is 1. The Bertz CT molecular complexity index is 875. The topological polar surface area (TPSA) is 42.0 Å². The summed E-state index contributed by atoms with van der Waals surface area (Å²) in [6, 6.07) is 10.5. The van der Waals surface area contributed by atoms with E-state index in [4.69, 9.17) is 0 Å². The van der Waals surface area contributed by atoms with E-state index in [2.05, 4.69) is 10.3 Å². The van der Waals surface area contributed by atoms with Crippen molar-refractivity contribution in [2.45, 2.75) is 0 Å². The Morgan fingerprint density at radius 1 is 0.955 bits per heavy atom. The van der Waals surface area contributed by atoms with Crippen LogP contribution in [-0.4, -0.2) is 10.9 Å². The Morgan fingerprint density at radius 2 is 1.73 bits per heavy atom. The fraction of sp³-hybridized carbons (Fsp3) is 0. The fourth-order valence-electron chi connectivity index (χ4n) is 2.10. The number of rotatable bonds is 2. The Hall–Kier alpha value is -2.89. The number of nitrogens with zero attached hydrogens (tertiary/aromatic N) is 1. The first-order valence-corrected chi connectivity index (χ1v) is 6.36. The van der Waals surface area contributed by atoms with E-state index in [9.17, 15) is 18.0 Å². The maximum atomic E-state index is 13.6. The van der Waals surface area contributed by atoms with Gasteiger partial charge in [0.25, 0.3) is 5.91 Å². The summed E-state index contributed by atoms with van der Waals surface area (Å²) >= 11 is 0. The number of fused-ring (bicyclic) bond motifs is 1. The third-order valence-electron chi connectivity index (χ3n) is 3.17. The van der Waals surface area contributed by atoms with Gasteiger partial charge in [-0.15, -0.1) is 0 Å². The lowest BCUT2D eigenvalue weighted by Gasteiger charge is -2.08. The summed E-state index contributed by atoms with van der Waals surface area (Å²) < 4.78 is 39.7. The van der Waals surface area contributed by atoms with Crippen molar-refractivity contribution in [3.05, 3.63) is 71.8 Å². The standard InChI is InChI=1S/C16H9F3N2O/c17-11-5-6-12(14(19)13(11)18)21-16(22)15-10-4-2-1-3-9(10)7-8-20-15/h1-8H,(H,21,22). The van der Waals surface area contributed by atoms with Gasteiger partial charge >= 0.3 is 0 Å². The average Bonchev–Trinajstić information content (AvgIpc) is 2.55. The maximum absolute atomic E-state index is 13.6. The van der Waals surface area contributed by atoms with Crippen LogP contribution < -0.4 is 5.32 Å². The number of halogens is 3. The van der Waals surface area contributed by atoms with E-state index >= 15 is 0 Å². The molecule has 0 unspecified atom stereocenters. The van der Waals surface area contributed by atoms with E-state index < -0.39 is 29.0 Å². The fourth-order valence-corrected chi connectivity index (χ4v) is 2.10. The lowest BCUT2D eigenvalue weighted by atomic mass is 10.1. The van der Waals surface area contributed by atoms with E-state index in [1.807, 2.05) is 0 Å². The number of nitrogens with one attached hydrogen (secondary N) is 1. The van der Waals surface area contributed by atoms with Gasteiger partial charge in [0, 0.05) is 11.6 Å². The molecule has 0 bridgehead atoms. The molecule has 110 valence electrons. The van der Waals surface area contributed by atoms with Crippen LogP contribution in [0.4, 0.5) is 18.9 Å². The quantitative estimate of drug-likeness (QED) is 0.729. The molecule has 0 radical (unpaired) electrons. The van der Waals surface area contributed by atoms with Crippen LogP contribution in [0.15, 0.2) is 48.7 Å². The molecule has 0 saturated heterocycles. The van der Waals surface area contributed by atoms with Gasteiger partial charge in [-0.3, -0.25) is 9.78 Å². The van der Waals surface area contributed by atoms with Crippen LogP contribution in [0.1, 0.15) is 10.5 Å². The molecule has 1 N–H and O–H groups in total. The molecular formula is C16H9F3N2O. The van der Waals surface area contributed by atoms with Crippen LogP contribution in [0.25, 0.3) is 10.8 Å². The van der Waals surface area contributed by atoms with Gasteiger partial charge in [0.2, 0.25) is 0 Å². The van der Waals surface area contributed by atoms with Crippen molar-refractivity contribution in [3.8, 4) is 0 Å². The summed E-state index contributed by atoms with van der Waals surface area (Å²) in [7, 11) is 0. The van der Waals surface area contributed by atoms with Gasteiger partial charge in [0.1, 0.15) is 5.69 Å². The molecule has 1 aromatic heterocycles. The summed E-state index contributed by atoms with van der Waals surface area (Å²) in [5.41, 5.74) is -0.374.